The fraction of sp³-hybridized carbons (Fsp3) is 0. The Morgan fingerprint density at radius 3 is 0.918 bits per heavy atom. The molecule has 8 heterocycles. The third-order valence-electron chi connectivity index (χ3n) is 6.90. The van der Waals surface area contributed by atoms with Gasteiger partial charge in [0, 0.05) is 60.7 Å². The molecule has 0 unspecified atom stereocenters. The van der Waals surface area contributed by atoms with Crippen LogP contribution in [-0.4, -0.2) is 49.8 Å². The summed E-state index contributed by atoms with van der Waals surface area (Å²) in [5.74, 6) is 1.59. The van der Waals surface area contributed by atoms with Crippen molar-refractivity contribution < 1.29 is 12.9 Å². The molecule has 0 aliphatic carbocycles. The fourth-order valence-electron chi connectivity index (χ4n) is 4.76. The van der Waals surface area contributed by atoms with Crippen molar-refractivity contribution in [2.45, 2.75) is 0 Å². The quantitative estimate of drug-likeness (QED) is 0.174. The summed E-state index contributed by atoms with van der Waals surface area (Å²) < 4.78 is 0. The number of nitrogens with one attached hydrogen (secondary N) is 2. The molecular formula is C36H26Cl2CoN10. The minimum absolute atomic E-state index is 0.382. The normalized spacial score (nSPS) is 10.4. The van der Waals surface area contributed by atoms with Crippen LogP contribution in [0.1, 0.15) is 0 Å². The predicted octanol–water partition coefficient (Wildman–Crippen LogP) is 8.57. The summed E-state index contributed by atoms with van der Waals surface area (Å²) in [6, 6.07) is 31.0. The van der Waals surface area contributed by atoms with Gasteiger partial charge in [-0.05, 0) is 72.8 Å². The van der Waals surface area contributed by atoms with E-state index in [9.17, 15) is 0 Å². The van der Waals surface area contributed by atoms with Crippen molar-refractivity contribution >= 4 is 20.3 Å². The molecule has 8 aromatic rings. The first-order valence-electron chi connectivity index (χ1n) is 14.7. The van der Waals surface area contributed by atoms with E-state index >= 15 is 0 Å². The van der Waals surface area contributed by atoms with Crippen LogP contribution in [0.4, 0.5) is 0 Å². The Labute approximate surface area is 296 Å². The van der Waals surface area contributed by atoms with Gasteiger partial charge >= 0.3 is 33.2 Å². The predicted molar refractivity (Wildman–Crippen MR) is 188 cm³/mol. The summed E-state index contributed by atoms with van der Waals surface area (Å²) in [5, 5.41) is 0. The second-order valence-corrected chi connectivity index (χ2v) is 11.8. The fourth-order valence-corrected chi connectivity index (χ4v) is 4.76. The van der Waals surface area contributed by atoms with Gasteiger partial charge in [0.1, 0.15) is 11.6 Å². The first kappa shape index (κ1) is 33.3. The van der Waals surface area contributed by atoms with Gasteiger partial charge in [-0.15, -0.1) is 0 Å². The topological polar surface area (TPSA) is 135 Å². The average molecular weight is 729 g/mol. The minimum Gasteiger partial charge on any atom is -0.345 e. The molecule has 0 atom stereocenters. The molecule has 0 saturated carbocycles. The molecule has 0 amide bonds. The van der Waals surface area contributed by atoms with Crippen LogP contribution >= 0.6 is 20.3 Å². The van der Waals surface area contributed by atoms with E-state index in [-0.39, 0.29) is 0 Å². The zero-order valence-electron chi connectivity index (χ0n) is 25.5. The Bertz CT molecular complexity index is 1880. The van der Waals surface area contributed by atoms with Crippen molar-refractivity contribution in [1.29, 1.82) is 0 Å². The van der Waals surface area contributed by atoms with E-state index in [4.69, 9.17) is 30.3 Å². The minimum atomic E-state index is 0.382. The number of pyridine rings is 6. The zero-order valence-corrected chi connectivity index (χ0v) is 28.1. The first-order chi connectivity index (χ1) is 24.2. The SMILES string of the molecule is [Cl][Co][Cl].c1ccc(-c2cc(-c3ncc[nH]3)cc(-c3ccccn3)n2)nc1.c1ccc(-c2cc(-c3ncc[nH]3)cc(-c3ccccn3)n2)nc1. The van der Waals surface area contributed by atoms with E-state index in [2.05, 4.69) is 39.9 Å². The molecule has 2 N–H and O–H groups in total. The summed E-state index contributed by atoms with van der Waals surface area (Å²) in [6.45, 7) is 0. The Hall–Kier alpha value is -5.59. The average Bonchev–Trinajstić information content (AvgIpc) is 3.93. The van der Waals surface area contributed by atoms with Gasteiger partial charge in [-0.2, -0.15) is 0 Å². The molecular weight excluding hydrogens is 702 g/mol. The van der Waals surface area contributed by atoms with Gasteiger partial charge in [-0.1, -0.05) is 24.3 Å². The Morgan fingerprint density at radius 1 is 0.388 bits per heavy atom. The van der Waals surface area contributed by atoms with E-state index in [1.807, 2.05) is 97.1 Å². The van der Waals surface area contributed by atoms with Gasteiger partial charge in [0.05, 0.1) is 45.6 Å². The Morgan fingerprint density at radius 2 is 0.694 bits per heavy atom. The van der Waals surface area contributed by atoms with Crippen LogP contribution in [0.3, 0.4) is 0 Å². The number of nitrogens with zero attached hydrogens (tertiary/aromatic N) is 8. The molecule has 0 aliphatic heterocycles. The zero-order chi connectivity index (χ0) is 33.7. The molecule has 0 fully saturated rings. The van der Waals surface area contributed by atoms with Crippen LogP contribution in [0.25, 0.3) is 68.3 Å². The van der Waals surface area contributed by atoms with E-state index in [0.29, 0.717) is 12.9 Å². The number of hydrogen-bond donors (Lipinski definition) is 2. The van der Waals surface area contributed by atoms with Gasteiger partial charge < -0.3 is 9.97 Å². The number of imidazole rings is 2. The third kappa shape index (κ3) is 8.86. The summed E-state index contributed by atoms with van der Waals surface area (Å²) >= 11 is 0.382. The van der Waals surface area contributed by atoms with Crippen LogP contribution in [0.5, 0.6) is 0 Å². The molecule has 243 valence electrons. The molecule has 0 bridgehead atoms. The van der Waals surface area contributed by atoms with Crippen molar-refractivity contribution in [3.63, 3.8) is 0 Å². The number of rotatable bonds is 6. The van der Waals surface area contributed by atoms with Crippen molar-refractivity contribution in [1.82, 2.24) is 49.8 Å². The molecule has 10 nitrogen and oxygen atoms in total. The second-order valence-electron chi connectivity index (χ2n) is 10.0. The maximum absolute atomic E-state index is 4.73. The molecule has 13 heteroatoms. The van der Waals surface area contributed by atoms with Crippen LogP contribution in [0.15, 0.2) is 147 Å². The van der Waals surface area contributed by atoms with Crippen molar-refractivity contribution in [2.24, 2.45) is 0 Å². The van der Waals surface area contributed by atoms with Crippen LogP contribution in [0, 0.1) is 0 Å². The third-order valence-corrected chi connectivity index (χ3v) is 6.90. The van der Waals surface area contributed by atoms with E-state index in [0.717, 1.165) is 68.3 Å². The summed E-state index contributed by atoms with van der Waals surface area (Å²) in [6.07, 6.45) is 14.1. The molecule has 0 aromatic carbocycles. The van der Waals surface area contributed by atoms with Gasteiger partial charge in [-0.3, -0.25) is 19.9 Å². The molecule has 49 heavy (non-hydrogen) atoms. The van der Waals surface area contributed by atoms with Crippen molar-refractivity contribution in [3.05, 3.63) is 147 Å². The number of aromatic amines is 2. The van der Waals surface area contributed by atoms with Crippen LogP contribution in [-0.2, 0) is 12.9 Å². The van der Waals surface area contributed by atoms with Crippen LogP contribution < -0.4 is 0 Å². The number of hydrogen-bond acceptors (Lipinski definition) is 8. The first-order valence-corrected chi connectivity index (χ1v) is 17.6. The number of halogens is 2. The number of aromatic nitrogens is 10. The molecule has 0 spiro atoms. The van der Waals surface area contributed by atoms with Gasteiger partial charge in [-0.25, -0.2) is 19.9 Å². The van der Waals surface area contributed by atoms with Gasteiger partial charge in [0.2, 0.25) is 0 Å². The van der Waals surface area contributed by atoms with Gasteiger partial charge in [0.15, 0.2) is 0 Å². The van der Waals surface area contributed by atoms with Crippen molar-refractivity contribution in [3.8, 4) is 68.3 Å². The maximum Gasteiger partial charge on any atom is 0.137 e. The molecule has 8 aromatic heterocycles. The van der Waals surface area contributed by atoms with E-state index in [1.165, 1.54) is 0 Å². The second kappa shape index (κ2) is 17.0. The standard InChI is InChI=1S/2C18H13N5.2ClH.Co/c2*1-3-7-19-14(5-1)16-11-13(18-21-9-10-22-18)12-17(23-16)15-6-2-4-8-20-15;;;/h2*1-12H,(H,21,22);2*1H;/q;;;;+2/p-2. The monoisotopic (exact) mass is 727 g/mol. The smallest absolute Gasteiger partial charge is 0.137 e. The Kier molecular flexibility index (Phi) is 11.6. The molecule has 0 saturated heterocycles. The summed E-state index contributed by atoms with van der Waals surface area (Å²) in [4.78, 5) is 41.9. The maximum atomic E-state index is 4.73. The van der Waals surface area contributed by atoms with Crippen LogP contribution in [0.2, 0.25) is 0 Å². The number of H-pyrrole nitrogens is 2. The van der Waals surface area contributed by atoms with Crippen molar-refractivity contribution in [2.75, 3.05) is 0 Å². The van der Waals surface area contributed by atoms with E-state index < -0.39 is 0 Å². The summed E-state index contributed by atoms with van der Waals surface area (Å²) in [5.41, 5.74) is 8.34. The Balaban J connectivity index is 0.000000158. The largest absolute Gasteiger partial charge is 0.345 e. The summed E-state index contributed by atoms with van der Waals surface area (Å²) in [7, 11) is 9.47. The molecule has 0 aliphatic rings. The van der Waals surface area contributed by atoms with E-state index in [1.54, 1.807) is 49.6 Å². The van der Waals surface area contributed by atoms with Gasteiger partial charge in [0.25, 0.3) is 0 Å². The molecule has 8 rings (SSSR count). The molecule has 0 radical (unpaired) electrons.